The van der Waals surface area contributed by atoms with Gasteiger partial charge in [0.25, 0.3) is 0 Å². The zero-order valence-corrected chi connectivity index (χ0v) is 14.5. The summed E-state index contributed by atoms with van der Waals surface area (Å²) < 4.78 is 0. The van der Waals surface area contributed by atoms with Gasteiger partial charge in [0.1, 0.15) is 0 Å². The predicted molar refractivity (Wildman–Crippen MR) is 96.0 cm³/mol. The average Bonchev–Trinajstić information content (AvgIpc) is 2.57. The molecule has 128 valence electrons. The van der Waals surface area contributed by atoms with Gasteiger partial charge in [0.15, 0.2) is 5.96 Å². The number of rotatable bonds is 6. The van der Waals surface area contributed by atoms with Gasteiger partial charge in [-0.1, -0.05) is 23.7 Å². The van der Waals surface area contributed by atoms with E-state index in [1.807, 2.05) is 19.1 Å². The van der Waals surface area contributed by atoms with Crippen LogP contribution in [0.5, 0.6) is 0 Å². The molecule has 2 rings (SSSR count). The zero-order chi connectivity index (χ0) is 16.5. The molecule has 5 nitrogen and oxygen atoms in total. The largest absolute Gasteiger partial charge is 0.394 e. The third kappa shape index (κ3) is 6.37. The van der Waals surface area contributed by atoms with E-state index in [-0.39, 0.29) is 6.61 Å². The van der Waals surface area contributed by atoms with Crippen LogP contribution >= 0.6 is 11.6 Å². The molecule has 1 fully saturated rings. The number of benzene rings is 1. The highest BCUT2D eigenvalue weighted by atomic mass is 35.5. The van der Waals surface area contributed by atoms with Crippen molar-refractivity contribution in [3.8, 4) is 0 Å². The molecule has 0 aliphatic carbocycles. The van der Waals surface area contributed by atoms with Crippen LogP contribution < -0.4 is 10.6 Å². The highest BCUT2D eigenvalue weighted by Crippen LogP contribution is 2.15. The summed E-state index contributed by atoms with van der Waals surface area (Å²) in [6.45, 7) is 6.50. The first-order valence-corrected chi connectivity index (χ1v) is 8.71. The molecule has 1 heterocycles. The topological polar surface area (TPSA) is 59.9 Å². The molecular weight excluding hydrogens is 312 g/mol. The van der Waals surface area contributed by atoms with Gasteiger partial charge < -0.3 is 15.7 Å². The Labute approximate surface area is 143 Å². The fourth-order valence-corrected chi connectivity index (χ4v) is 2.88. The summed E-state index contributed by atoms with van der Waals surface area (Å²) in [5, 5.41) is 16.4. The van der Waals surface area contributed by atoms with Crippen molar-refractivity contribution in [2.24, 2.45) is 4.99 Å². The molecule has 0 aromatic heterocycles. The smallest absolute Gasteiger partial charge is 0.191 e. The van der Waals surface area contributed by atoms with E-state index in [2.05, 4.69) is 32.7 Å². The van der Waals surface area contributed by atoms with Gasteiger partial charge in [0.2, 0.25) is 0 Å². The highest BCUT2D eigenvalue weighted by molar-refractivity contribution is 6.30. The summed E-state index contributed by atoms with van der Waals surface area (Å²) in [4.78, 5) is 6.81. The number of aliphatic hydroxyl groups is 1. The maximum absolute atomic E-state index is 8.90. The highest BCUT2D eigenvalue weighted by Gasteiger charge is 2.19. The summed E-state index contributed by atoms with van der Waals surface area (Å²) >= 11 is 5.93. The maximum Gasteiger partial charge on any atom is 0.191 e. The van der Waals surface area contributed by atoms with Gasteiger partial charge in [-0.2, -0.15) is 0 Å². The van der Waals surface area contributed by atoms with Crippen molar-refractivity contribution < 1.29 is 5.11 Å². The van der Waals surface area contributed by atoms with Crippen molar-refractivity contribution in [2.45, 2.75) is 32.4 Å². The van der Waals surface area contributed by atoms with E-state index in [0.717, 1.165) is 50.0 Å². The number of aliphatic hydroxyl groups excluding tert-OH is 1. The lowest BCUT2D eigenvalue weighted by atomic mass is 10.0. The molecule has 23 heavy (non-hydrogen) atoms. The molecule has 0 radical (unpaired) electrons. The molecule has 0 atom stereocenters. The lowest BCUT2D eigenvalue weighted by Crippen LogP contribution is -2.48. The lowest BCUT2D eigenvalue weighted by Gasteiger charge is -2.33. The van der Waals surface area contributed by atoms with Gasteiger partial charge in [0.05, 0.1) is 13.2 Å². The first-order chi connectivity index (χ1) is 11.2. The van der Waals surface area contributed by atoms with Crippen LogP contribution in [0.25, 0.3) is 0 Å². The Morgan fingerprint density at radius 1 is 1.30 bits per heavy atom. The van der Waals surface area contributed by atoms with E-state index in [4.69, 9.17) is 16.7 Å². The van der Waals surface area contributed by atoms with Crippen LogP contribution in [0.15, 0.2) is 29.3 Å². The maximum atomic E-state index is 8.90. The molecule has 6 heteroatoms. The van der Waals surface area contributed by atoms with E-state index in [1.54, 1.807) is 0 Å². The Morgan fingerprint density at radius 2 is 2.00 bits per heavy atom. The molecule has 0 bridgehead atoms. The van der Waals surface area contributed by atoms with Crippen molar-refractivity contribution in [3.63, 3.8) is 0 Å². The molecule has 3 N–H and O–H groups in total. The van der Waals surface area contributed by atoms with Crippen LogP contribution in [-0.2, 0) is 6.54 Å². The van der Waals surface area contributed by atoms with Gasteiger partial charge in [-0.15, -0.1) is 0 Å². The second-order valence-corrected chi connectivity index (χ2v) is 6.24. The first-order valence-electron chi connectivity index (χ1n) is 8.33. The second kappa shape index (κ2) is 9.75. The Balaban J connectivity index is 1.77. The van der Waals surface area contributed by atoms with E-state index in [1.165, 1.54) is 5.56 Å². The van der Waals surface area contributed by atoms with Crippen LogP contribution in [0.3, 0.4) is 0 Å². The molecule has 1 aromatic carbocycles. The Bertz CT molecular complexity index is 484. The van der Waals surface area contributed by atoms with Crippen molar-refractivity contribution in [3.05, 3.63) is 34.9 Å². The molecule has 0 amide bonds. The molecule has 1 aliphatic rings. The zero-order valence-electron chi connectivity index (χ0n) is 13.8. The molecule has 0 unspecified atom stereocenters. The first kappa shape index (κ1) is 18.0. The number of halogens is 1. The van der Waals surface area contributed by atoms with Crippen molar-refractivity contribution in [1.82, 2.24) is 15.5 Å². The number of guanidine groups is 1. The predicted octanol–water partition coefficient (Wildman–Crippen LogP) is 1.85. The molecule has 0 spiro atoms. The molecule has 0 saturated carbocycles. The molecule has 1 aromatic rings. The Morgan fingerprint density at radius 3 is 2.61 bits per heavy atom. The number of likely N-dealkylation sites (tertiary alicyclic amines) is 1. The van der Waals surface area contributed by atoms with Gasteiger partial charge in [-0.05, 0) is 37.5 Å². The minimum absolute atomic E-state index is 0.0795. The number of aliphatic imine (C=N–C) groups is 1. The van der Waals surface area contributed by atoms with Crippen molar-refractivity contribution in [2.75, 3.05) is 32.8 Å². The fraction of sp³-hybridized carbons (Fsp3) is 0.588. The van der Waals surface area contributed by atoms with E-state index < -0.39 is 0 Å². The SMILES string of the molecule is CCNC(=NCCO)NC1CCN(Cc2ccc(Cl)cc2)CC1. The standard InChI is InChI=1S/C17H27ClN4O/c1-2-19-17(20-9-12-23)21-16-7-10-22(11-8-16)13-14-3-5-15(18)6-4-14/h3-6,16,23H,2,7-13H2,1H3,(H2,19,20,21). The Kier molecular flexibility index (Phi) is 7.65. The van der Waals surface area contributed by atoms with Crippen LogP contribution in [0.1, 0.15) is 25.3 Å². The number of hydrogen-bond donors (Lipinski definition) is 3. The summed E-state index contributed by atoms with van der Waals surface area (Å²) in [6.07, 6.45) is 2.19. The Hall–Kier alpha value is -1.30. The summed E-state index contributed by atoms with van der Waals surface area (Å²) in [7, 11) is 0. The van der Waals surface area contributed by atoms with Gasteiger partial charge in [-0.25, -0.2) is 0 Å². The van der Waals surface area contributed by atoms with Crippen molar-refractivity contribution in [1.29, 1.82) is 0 Å². The normalized spacial score (nSPS) is 17.3. The summed E-state index contributed by atoms with van der Waals surface area (Å²) in [5.74, 6) is 0.803. The van der Waals surface area contributed by atoms with Crippen LogP contribution in [0.4, 0.5) is 0 Å². The number of nitrogens with one attached hydrogen (secondary N) is 2. The van der Waals surface area contributed by atoms with Crippen LogP contribution in [0, 0.1) is 0 Å². The van der Waals surface area contributed by atoms with E-state index >= 15 is 0 Å². The average molecular weight is 339 g/mol. The van der Waals surface area contributed by atoms with E-state index in [0.29, 0.717) is 12.6 Å². The fourth-order valence-electron chi connectivity index (χ4n) is 2.76. The third-order valence-electron chi connectivity index (χ3n) is 3.96. The minimum Gasteiger partial charge on any atom is -0.394 e. The van der Waals surface area contributed by atoms with Gasteiger partial charge in [-0.3, -0.25) is 9.89 Å². The molecule has 1 aliphatic heterocycles. The summed E-state index contributed by atoms with van der Waals surface area (Å²) in [5.41, 5.74) is 1.30. The second-order valence-electron chi connectivity index (χ2n) is 5.81. The lowest BCUT2D eigenvalue weighted by molar-refractivity contribution is 0.198. The van der Waals surface area contributed by atoms with Gasteiger partial charge in [0, 0.05) is 37.2 Å². The van der Waals surface area contributed by atoms with Crippen molar-refractivity contribution >= 4 is 17.6 Å². The quantitative estimate of drug-likeness (QED) is 0.547. The van der Waals surface area contributed by atoms with Crippen LogP contribution in [-0.4, -0.2) is 54.8 Å². The van der Waals surface area contributed by atoms with Gasteiger partial charge >= 0.3 is 0 Å². The summed E-state index contributed by atoms with van der Waals surface area (Å²) in [6, 6.07) is 8.53. The van der Waals surface area contributed by atoms with E-state index in [9.17, 15) is 0 Å². The van der Waals surface area contributed by atoms with Crippen LogP contribution in [0.2, 0.25) is 5.02 Å². The molecular formula is C17H27ClN4O. The molecule has 1 saturated heterocycles. The number of nitrogens with zero attached hydrogens (tertiary/aromatic N) is 2. The number of hydrogen-bond acceptors (Lipinski definition) is 3. The number of piperidine rings is 1. The third-order valence-corrected chi connectivity index (χ3v) is 4.21. The minimum atomic E-state index is 0.0795. The monoisotopic (exact) mass is 338 g/mol.